The highest BCUT2D eigenvalue weighted by molar-refractivity contribution is 7.94. The predicted octanol–water partition coefficient (Wildman–Crippen LogP) is 3.76. The lowest BCUT2D eigenvalue weighted by Crippen LogP contribution is -2.12. The third-order valence-corrected chi connectivity index (χ3v) is 5.61. The van der Waals surface area contributed by atoms with E-state index >= 15 is 0 Å². The number of nitrogens with zero attached hydrogens (tertiary/aromatic N) is 2. The van der Waals surface area contributed by atoms with Gasteiger partial charge >= 0.3 is 0 Å². The van der Waals surface area contributed by atoms with E-state index in [1.165, 1.54) is 12.1 Å². The van der Waals surface area contributed by atoms with Gasteiger partial charge in [-0.05, 0) is 31.0 Å². The summed E-state index contributed by atoms with van der Waals surface area (Å²) >= 11 is 0. The van der Waals surface area contributed by atoms with Crippen LogP contribution >= 0.6 is 0 Å². The highest BCUT2D eigenvalue weighted by Gasteiger charge is 2.17. The largest absolute Gasteiger partial charge is 0.531 e. The highest BCUT2D eigenvalue weighted by atomic mass is 32.2. The standard InChI is InChI=1S/C21H19N2O4S/c1-3-18(13-14-24)23-28(25,26)19-11-9-16(10-12-19)20-15(2)27-22-21(20)17-7-5-4-6-8-17/h1,4-12,18,24H,13-14H2,2H3/q-1/t18-/m1/s1. The van der Waals surface area contributed by atoms with Gasteiger partial charge in [-0.25, -0.2) is 8.42 Å². The first kappa shape index (κ1) is 19.8. The molecular formula is C21H19N2O4S-. The molecule has 1 atom stereocenters. The molecule has 6 nitrogen and oxygen atoms in total. The minimum atomic E-state index is -3.92. The van der Waals surface area contributed by atoms with Crippen LogP contribution in [0.5, 0.6) is 0 Å². The summed E-state index contributed by atoms with van der Waals surface area (Å²) in [5.41, 5.74) is 3.17. The van der Waals surface area contributed by atoms with Crippen LogP contribution in [-0.4, -0.2) is 31.3 Å². The number of aliphatic hydroxyl groups excluding tert-OH is 1. The number of sulfonamides is 1. The van der Waals surface area contributed by atoms with Gasteiger partial charge in [-0.15, -0.1) is 12.3 Å². The highest BCUT2D eigenvalue weighted by Crippen LogP contribution is 2.35. The maximum atomic E-state index is 12.5. The molecule has 1 aromatic heterocycles. The zero-order valence-electron chi connectivity index (χ0n) is 15.2. The van der Waals surface area contributed by atoms with Crippen LogP contribution in [0.2, 0.25) is 0 Å². The predicted molar refractivity (Wildman–Crippen MR) is 107 cm³/mol. The molecule has 28 heavy (non-hydrogen) atoms. The number of terminal acetylenes is 1. The first-order valence-electron chi connectivity index (χ1n) is 8.62. The lowest BCUT2D eigenvalue weighted by molar-refractivity contribution is 0.288. The second-order valence-electron chi connectivity index (χ2n) is 6.13. The van der Waals surface area contributed by atoms with Gasteiger partial charge in [0, 0.05) is 17.1 Å². The second kappa shape index (κ2) is 8.40. The molecule has 3 rings (SSSR count). The first-order valence-corrected chi connectivity index (χ1v) is 10.1. The number of aromatic nitrogens is 1. The van der Waals surface area contributed by atoms with Gasteiger partial charge in [-0.1, -0.05) is 53.7 Å². The van der Waals surface area contributed by atoms with Gasteiger partial charge in [0.15, 0.2) is 0 Å². The topological polar surface area (TPSA) is 94.5 Å². The zero-order valence-corrected chi connectivity index (χ0v) is 16.1. The van der Waals surface area contributed by atoms with Crippen molar-refractivity contribution >= 4 is 10.0 Å². The Bertz CT molecular complexity index is 1080. The van der Waals surface area contributed by atoms with E-state index < -0.39 is 16.1 Å². The number of aliphatic hydroxyl groups is 1. The van der Waals surface area contributed by atoms with Crippen molar-refractivity contribution in [3.8, 4) is 34.7 Å². The van der Waals surface area contributed by atoms with E-state index in [0.717, 1.165) is 16.7 Å². The number of benzene rings is 2. The van der Waals surface area contributed by atoms with Gasteiger partial charge in [0.05, 0.1) is 5.56 Å². The second-order valence-corrected chi connectivity index (χ2v) is 7.76. The Morgan fingerprint density at radius 1 is 1.14 bits per heavy atom. The number of hydrogen-bond acceptors (Lipinski definition) is 5. The van der Waals surface area contributed by atoms with E-state index in [4.69, 9.17) is 16.1 Å². The fourth-order valence-electron chi connectivity index (χ4n) is 2.82. The number of rotatable bonds is 7. The molecule has 7 heteroatoms. The molecule has 1 N–H and O–H groups in total. The van der Waals surface area contributed by atoms with Crippen LogP contribution < -0.4 is 0 Å². The van der Waals surface area contributed by atoms with Crippen LogP contribution in [-0.2, 0) is 10.0 Å². The summed E-state index contributed by atoms with van der Waals surface area (Å²) in [5.74, 6) is 2.90. The normalized spacial score (nSPS) is 12.5. The van der Waals surface area contributed by atoms with Crippen LogP contribution in [0.3, 0.4) is 0 Å². The minimum absolute atomic E-state index is 0.0322. The Labute approximate surface area is 164 Å². The molecule has 0 fully saturated rings. The van der Waals surface area contributed by atoms with Crippen LogP contribution in [0, 0.1) is 19.3 Å². The summed E-state index contributed by atoms with van der Waals surface area (Å²) in [6.45, 7) is 1.57. The molecule has 0 radical (unpaired) electrons. The Balaban J connectivity index is 1.92. The third kappa shape index (κ3) is 4.15. The number of hydrogen-bond donors (Lipinski definition) is 1. The van der Waals surface area contributed by atoms with E-state index in [-0.39, 0.29) is 17.9 Å². The summed E-state index contributed by atoms with van der Waals surface area (Å²) in [6, 6.07) is 15.0. The Morgan fingerprint density at radius 3 is 2.43 bits per heavy atom. The van der Waals surface area contributed by atoms with Crippen LogP contribution in [0.1, 0.15) is 12.2 Å². The number of aryl methyl sites for hydroxylation is 1. The molecule has 0 aliphatic rings. The third-order valence-electron chi connectivity index (χ3n) is 4.21. The van der Waals surface area contributed by atoms with Crippen molar-refractivity contribution in [2.75, 3.05) is 6.61 Å². The van der Waals surface area contributed by atoms with E-state index in [9.17, 15) is 8.42 Å². The summed E-state index contributed by atoms with van der Waals surface area (Å²) in [4.78, 5) is 0.0322. The van der Waals surface area contributed by atoms with Crippen LogP contribution in [0.15, 0.2) is 64.0 Å². The van der Waals surface area contributed by atoms with Crippen molar-refractivity contribution in [1.29, 1.82) is 0 Å². The molecule has 3 aromatic rings. The molecule has 2 aromatic carbocycles. The van der Waals surface area contributed by atoms with Crippen LogP contribution in [0.25, 0.3) is 27.1 Å². The maximum Gasteiger partial charge on any atom is 0.142 e. The average Bonchev–Trinajstić information content (AvgIpc) is 3.09. The summed E-state index contributed by atoms with van der Waals surface area (Å²) in [6.07, 6.45) is 5.38. The molecule has 1 heterocycles. The summed E-state index contributed by atoms with van der Waals surface area (Å²) in [5, 5.41) is 13.1. The molecular weight excluding hydrogens is 376 g/mol. The molecule has 0 saturated carbocycles. The smallest absolute Gasteiger partial charge is 0.142 e. The summed E-state index contributed by atoms with van der Waals surface area (Å²) in [7, 11) is -3.92. The van der Waals surface area contributed by atoms with Crippen molar-refractivity contribution in [1.82, 2.24) is 5.16 Å². The van der Waals surface area contributed by atoms with E-state index in [1.54, 1.807) is 19.1 Å². The molecule has 0 aliphatic carbocycles. The Hall–Kier alpha value is -2.92. The lowest BCUT2D eigenvalue weighted by atomic mass is 10.00. The quantitative estimate of drug-likeness (QED) is 0.615. The maximum absolute atomic E-state index is 12.5. The van der Waals surface area contributed by atoms with Crippen LogP contribution in [0.4, 0.5) is 0 Å². The Kier molecular flexibility index (Phi) is 5.95. The molecule has 0 aliphatic heterocycles. The molecule has 0 amide bonds. The van der Waals surface area contributed by atoms with Crippen molar-refractivity contribution in [2.24, 2.45) is 0 Å². The van der Waals surface area contributed by atoms with Gasteiger partial charge in [0.2, 0.25) is 0 Å². The van der Waals surface area contributed by atoms with Crippen molar-refractivity contribution in [3.63, 3.8) is 0 Å². The fourth-order valence-corrected chi connectivity index (χ4v) is 3.92. The molecule has 0 unspecified atom stereocenters. The first-order chi connectivity index (χ1) is 13.5. The van der Waals surface area contributed by atoms with Gasteiger partial charge in [-0.2, -0.15) is 0 Å². The van der Waals surface area contributed by atoms with Crippen molar-refractivity contribution < 1.29 is 18.0 Å². The Morgan fingerprint density at radius 2 is 1.82 bits per heavy atom. The SMILES string of the molecule is C#C[C@H](CCO)[N-]S(=O)(=O)c1ccc(-c2c(-c3ccccc3)noc2C)cc1. The molecule has 0 spiro atoms. The minimum Gasteiger partial charge on any atom is -0.531 e. The summed E-state index contributed by atoms with van der Waals surface area (Å²) < 4.78 is 34.0. The monoisotopic (exact) mass is 395 g/mol. The molecule has 0 saturated heterocycles. The van der Waals surface area contributed by atoms with Gasteiger partial charge in [0.25, 0.3) is 0 Å². The van der Waals surface area contributed by atoms with E-state index in [1.807, 2.05) is 30.3 Å². The van der Waals surface area contributed by atoms with Gasteiger partial charge in [-0.3, -0.25) is 0 Å². The molecule has 144 valence electrons. The van der Waals surface area contributed by atoms with E-state index in [0.29, 0.717) is 11.5 Å². The average molecular weight is 395 g/mol. The van der Waals surface area contributed by atoms with E-state index in [2.05, 4.69) is 15.8 Å². The lowest BCUT2D eigenvalue weighted by Gasteiger charge is -2.26. The zero-order chi connectivity index (χ0) is 20.1. The van der Waals surface area contributed by atoms with Crippen molar-refractivity contribution in [2.45, 2.75) is 24.3 Å². The fraction of sp³-hybridized carbons (Fsp3) is 0.190. The van der Waals surface area contributed by atoms with Crippen molar-refractivity contribution in [3.05, 3.63) is 65.1 Å². The molecule has 0 bridgehead atoms. The van der Waals surface area contributed by atoms with Gasteiger partial charge in [0.1, 0.15) is 21.5 Å². The van der Waals surface area contributed by atoms with Gasteiger partial charge < -0.3 is 14.4 Å².